The van der Waals surface area contributed by atoms with Crippen LogP contribution in [0.2, 0.25) is 0 Å². The van der Waals surface area contributed by atoms with E-state index in [4.69, 9.17) is 4.74 Å². The lowest BCUT2D eigenvalue weighted by molar-refractivity contribution is 0.0315. The zero-order chi connectivity index (χ0) is 12.1. The van der Waals surface area contributed by atoms with E-state index in [0.717, 1.165) is 22.8 Å². The van der Waals surface area contributed by atoms with Crippen LogP contribution in [0.3, 0.4) is 0 Å². The number of ketones is 1. The van der Waals surface area contributed by atoms with Crippen molar-refractivity contribution in [1.29, 1.82) is 0 Å². The first kappa shape index (κ1) is 12.7. The number of benzene rings is 1. The highest BCUT2D eigenvalue weighted by atomic mass is 32.2. The molecule has 0 spiro atoms. The van der Waals surface area contributed by atoms with Crippen LogP contribution in [0.1, 0.15) is 36.5 Å². The fraction of sp³-hybridized carbons (Fsp3) is 0.500. The lowest BCUT2D eigenvalue weighted by Crippen LogP contribution is -2.21. The van der Waals surface area contributed by atoms with Crippen LogP contribution >= 0.6 is 11.8 Å². The Labute approximate surface area is 107 Å². The summed E-state index contributed by atoms with van der Waals surface area (Å²) in [5, 5.41) is 0. The van der Waals surface area contributed by atoms with Crippen molar-refractivity contribution in [3.63, 3.8) is 0 Å². The molecule has 0 bridgehead atoms. The average molecular weight is 250 g/mol. The van der Waals surface area contributed by atoms with Crippen LogP contribution in [0.4, 0.5) is 0 Å². The van der Waals surface area contributed by atoms with E-state index in [-0.39, 0.29) is 5.78 Å². The molecule has 2 nitrogen and oxygen atoms in total. The van der Waals surface area contributed by atoms with Crippen LogP contribution in [0.25, 0.3) is 0 Å². The second kappa shape index (κ2) is 6.22. The van der Waals surface area contributed by atoms with Crippen molar-refractivity contribution in [3.8, 4) is 0 Å². The summed E-state index contributed by atoms with van der Waals surface area (Å²) in [5.41, 5.74) is 0.791. The third-order valence-electron chi connectivity index (χ3n) is 2.95. The van der Waals surface area contributed by atoms with Crippen molar-refractivity contribution in [2.45, 2.75) is 37.2 Å². The van der Waals surface area contributed by atoms with Crippen molar-refractivity contribution >= 4 is 17.5 Å². The highest BCUT2D eigenvalue weighted by Gasteiger charge is 2.14. The molecule has 1 aromatic carbocycles. The topological polar surface area (TPSA) is 26.3 Å². The van der Waals surface area contributed by atoms with E-state index >= 15 is 0 Å². The summed E-state index contributed by atoms with van der Waals surface area (Å²) >= 11 is 1.78. The van der Waals surface area contributed by atoms with Gasteiger partial charge < -0.3 is 4.74 Å². The maximum absolute atomic E-state index is 11.3. The number of ether oxygens (including phenoxy) is 1. The predicted molar refractivity (Wildman–Crippen MR) is 70.8 cm³/mol. The number of carbonyl (C=O) groups is 1. The molecule has 0 saturated carbocycles. The molecule has 0 aromatic heterocycles. The van der Waals surface area contributed by atoms with E-state index in [2.05, 4.69) is 6.07 Å². The second-order valence-corrected chi connectivity index (χ2v) is 5.48. The summed E-state index contributed by atoms with van der Waals surface area (Å²) in [6, 6.07) is 7.83. The van der Waals surface area contributed by atoms with Crippen LogP contribution in [0, 0.1) is 0 Å². The molecule has 1 aliphatic rings. The number of Topliss-reactive ketones (excluding diaryl/α,β-unsaturated/α-hetero) is 1. The molecule has 0 N–H and O–H groups in total. The second-order valence-electron chi connectivity index (χ2n) is 4.38. The fourth-order valence-corrected chi connectivity index (χ4v) is 2.96. The van der Waals surface area contributed by atoms with Crippen molar-refractivity contribution in [2.24, 2.45) is 0 Å². The third-order valence-corrected chi connectivity index (χ3v) is 4.08. The lowest BCUT2D eigenvalue weighted by atomic mass is 10.1. The molecule has 17 heavy (non-hydrogen) atoms. The smallest absolute Gasteiger partial charge is 0.159 e. The van der Waals surface area contributed by atoms with Gasteiger partial charge in [-0.2, -0.15) is 0 Å². The van der Waals surface area contributed by atoms with E-state index < -0.39 is 0 Å². The normalized spacial score (nSPS) is 20.2. The van der Waals surface area contributed by atoms with Gasteiger partial charge in [-0.15, -0.1) is 11.8 Å². The Kier molecular flexibility index (Phi) is 4.63. The summed E-state index contributed by atoms with van der Waals surface area (Å²) in [5.74, 6) is 1.11. The van der Waals surface area contributed by atoms with Crippen LogP contribution < -0.4 is 0 Å². The Balaban J connectivity index is 1.89. The number of hydrogen-bond donors (Lipinski definition) is 0. The maximum Gasteiger partial charge on any atom is 0.159 e. The predicted octanol–water partition coefficient (Wildman–Crippen LogP) is 3.55. The van der Waals surface area contributed by atoms with Gasteiger partial charge in [0.05, 0.1) is 6.10 Å². The zero-order valence-electron chi connectivity index (χ0n) is 10.1. The molecule has 1 aliphatic heterocycles. The third kappa shape index (κ3) is 3.86. The molecule has 1 saturated heterocycles. The van der Waals surface area contributed by atoms with E-state index in [1.165, 1.54) is 19.3 Å². The number of rotatable bonds is 4. The quantitative estimate of drug-likeness (QED) is 0.604. The lowest BCUT2D eigenvalue weighted by Gasteiger charge is -2.22. The Bertz CT molecular complexity index is 384. The summed E-state index contributed by atoms with van der Waals surface area (Å²) in [6.45, 7) is 2.51. The van der Waals surface area contributed by atoms with E-state index in [1.807, 2.05) is 18.2 Å². The largest absolute Gasteiger partial charge is 0.377 e. The van der Waals surface area contributed by atoms with Crippen molar-refractivity contribution in [3.05, 3.63) is 29.8 Å². The molecule has 1 heterocycles. The molecule has 0 aliphatic carbocycles. The molecule has 0 radical (unpaired) electrons. The zero-order valence-corrected chi connectivity index (χ0v) is 11.0. The number of carbonyl (C=O) groups excluding carboxylic acids is 1. The number of hydrogen-bond acceptors (Lipinski definition) is 3. The van der Waals surface area contributed by atoms with Gasteiger partial charge in [-0.1, -0.05) is 12.1 Å². The number of thioether (sulfide) groups is 1. The van der Waals surface area contributed by atoms with Gasteiger partial charge in [0.15, 0.2) is 5.78 Å². The fourth-order valence-electron chi connectivity index (χ4n) is 1.93. The summed E-state index contributed by atoms with van der Waals surface area (Å²) < 4.78 is 5.69. The minimum absolute atomic E-state index is 0.126. The van der Waals surface area contributed by atoms with Gasteiger partial charge in [-0.3, -0.25) is 4.79 Å². The van der Waals surface area contributed by atoms with Crippen LogP contribution in [-0.2, 0) is 4.74 Å². The molecule has 1 atom stereocenters. The van der Waals surface area contributed by atoms with Gasteiger partial charge in [0, 0.05) is 22.8 Å². The standard InChI is InChI=1S/C14H18O2S/c1-11(15)12-5-4-7-14(9-12)17-10-13-6-2-3-8-16-13/h4-5,7,9,13H,2-3,6,8,10H2,1H3. The minimum Gasteiger partial charge on any atom is -0.377 e. The molecule has 1 unspecified atom stereocenters. The molecular weight excluding hydrogens is 232 g/mol. The van der Waals surface area contributed by atoms with Crippen LogP contribution in [-0.4, -0.2) is 24.2 Å². The van der Waals surface area contributed by atoms with Gasteiger partial charge in [-0.25, -0.2) is 0 Å². The van der Waals surface area contributed by atoms with Crippen molar-refractivity contribution < 1.29 is 9.53 Å². The summed E-state index contributed by atoms with van der Waals surface area (Å²) in [6.07, 6.45) is 4.02. The van der Waals surface area contributed by atoms with Crippen molar-refractivity contribution in [2.75, 3.05) is 12.4 Å². The van der Waals surface area contributed by atoms with Gasteiger partial charge in [0.25, 0.3) is 0 Å². The first-order valence-corrected chi connectivity index (χ1v) is 7.09. The Morgan fingerprint density at radius 2 is 2.35 bits per heavy atom. The first-order valence-electron chi connectivity index (χ1n) is 6.11. The molecule has 0 amide bonds. The highest BCUT2D eigenvalue weighted by Crippen LogP contribution is 2.24. The molecule has 3 heteroatoms. The molecular formula is C14H18O2S. The van der Waals surface area contributed by atoms with Gasteiger partial charge in [0.2, 0.25) is 0 Å². The first-order chi connectivity index (χ1) is 8.25. The summed E-state index contributed by atoms with van der Waals surface area (Å²) in [4.78, 5) is 12.4. The molecule has 2 rings (SSSR count). The van der Waals surface area contributed by atoms with Crippen LogP contribution in [0.15, 0.2) is 29.2 Å². The van der Waals surface area contributed by atoms with E-state index in [9.17, 15) is 4.79 Å². The van der Waals surface area contributed by atoms with Gasteiger partial charge >= 0.3 is 0 Å². The molecule has 1 fully saturated rings. The Morgan fingerprint density at radius 1 is 1.47 bits per heavy atom. The maximum atomic E-state index is 11.3. The Hall–Kier alpha value is -0.800. The molecule has 1 aromatic rings. The van der Waals surface area contributed by atoms with Gasteiger partial charge in [0.1, 0.15) is 0 Å². The van der Waals surface area contributed by atoms with Gasteiger partial charge in [-0.05, 0) is 38.3 Å². The van der Waals surface area contributed by atoms with Crippen LogP contribution in [0.5, 0.6) is 0 Å². The van der Waals surface area contributed by atoms with E-state index in [0.29, 0.717) is 6.10 Å². The monoisotopic (exact) mass is 250 g/mol. The minimum atomic E-state index is 0.126. The average Bonchev–Trinajstić information content (AvgIpc) is 2.38. The van der Waals surface area contributed by atoms with Crippen molar-refractivity contribution in [1.82, 2.24) is 0 Å². The molecule has 92 valence electrons. The highest BCUT2D eigenvalue weighted by molar-refractivity contribution is 7.99. The SMILES string of the molecule is CC(=O)c1cccc(SCC2CCCCO2)c1. The Morgan fingerprint density at radius 3 is 3.06 bits per heavy atom. The summed E-state index contributed by atoms with van der Waals surface area (Å²) in [7, 11) is 0. The van der Waals surface area contributed by atoms with E-state index in [1.54, 1.807) is 18.7 Å².